The number of carboxylic acids is 1. The number of hydrogen-bond acceptors (Lipinski definition) is 4. The molecule has 0 radical (unpaired) electrons. The lowest BCUT2D eigenvalue weighted by molar-refractivity contribution is -0.140. The molecule has 1 heterocycles. The molecule has 0 aromatic heterocycles. The molecule has 1 saturated carbocycles. The van der Waals surface area contributed by atoms with Crippen LogP contribution < -0.4 is 9.47 Å². The first-order valence-corrected chi connectivity index (χ1v) is 7.82. The van der Waals surface area contributed by atoms with Gasteiger partial charge in [-0.15, -0.1) is 0 Å². The molecule has 0 unspecified atom stereocenters. The first kappa shape index (κ1) is 15.2. The van der Waals surface area contributed by atoms with Crippen molar-refractivity contribution >= 4 is 5.97 Å². The minimum atomic E-state index is -0.747. The highest BCUT2D eigenvalue weighted by atomic mass is 16.5. The maximum atomic E-state index is 11.5. The predicted octanol–water partition coefficient (Wildman–Crippen LogP) is 2.28. The number of carboxylic acid groups (broad SMARTS) is 1. The molecule has 1 aliphatic heterocycles. The first-order chi connectivity index (χ1) is 10.5. The van der Waals surface area contributed by atoms with Crippen LogP contribution in [0.1, 0.15) is 31.2 Å². The summed E-state index contributed by atoms with van der Waals surface area (Å²) in [5.41, 5.74) is 0.112. The number of hydrogen-bond donors (Lipinski definition) is 1. The van der Waals surface area contributed by atoms with Gasteiger partial charge in [0, 0.05) is 13.1 Å². The van der Waals surface area contributed by atoms with E-state index in [2.05, 4.69) is 11.9 Å². The van der Waals surface area contributed by atoms with E-state index >= 15 is 0 Å². The second kappa shape index (κ2) is 5.80. The minimum Gasteiger partial charge on any atom is -0.493 e. The standard InChI is InChI=1S/C17H23NO4/c1-18-9-5-13(6-10-18)22-15-11-12(3-4-14(15)21-2)17(7-8-17)16(19)20/h3-4,11,13H,5-10H2,1-2H3,(H,19,20). The summed E-state index contributed by atoms with van der Waals surface area (Å²) in [6.07, 6.45) is 3.52. The van der Waals surface area contributed by atoms with Crippen molar-refractivity contribution < 1.29 is 19.4 Å². The van der Waals surface area contributed by atoms with Gasteiger partial charge in [0.15, 0.2) is 11.5 Å². The number of rotatable bonds is 5. The largest absolute Gasteiger partial charge is 0.493 e. The average Bonchev–Trinajstić information content (AvgIpc) is 3.31. The molecule has 1 aromatic carbocycles. The third-order valence-electron chi connectivity index (χ3n) is 4.83. The smallest absolute Gasteiger partial charge is 0.314 e. The van der Waals surface area contributed by atoms with Gasteiger partial charge in [-0.05, 0) is 50.4 Å². The van der Waals surface area contributed by atoms with Crippen molar-refractivity contribution in [3.63, 3.8) is 0 Å². The van der Waals surface area contributed by atoms with E-state index in [0.717, 1.165) is 31.5 Å². The van der Waals surface area contributed by atoms with Crippen LogP contribution in [0.15, 0.2) is 18.2 Å². The van der Waals surface area contributed by atoms with Crippen molar-refractivity contribution in [3.05, 3.63) is 23.8 Å². The van der Waals surface area contributed by atoms with E-state index in [0.29, 0.717) is 24.3 Å². The highest BCUT2D eigenvalue weighted by molar-refractivity contribution is 5.85. The lowest BCUT2D eigenvalue weighted by Gasteiger charge is -2.30. The minimum absolute atomic E-state index is 0.167. The SMILES string of the molecule is COc1ccc(C2(C(=O)O)CC2)cc1OC1CCN(C)CC1. The highest BCUT2D eigenvalue weighted by Crippen LogP contribution is 2.50. The number of benzene rings is 1. The van der Waals surface area contributed by atoms with Crippen molar-refractivity contribution in [1.82, 2.24) is 4.90 Å². The number of ether oxygens (including phenoxy) is 2. The second-order valence-corrected chi connectivity index (χ2v) is 6.37. The lowest BCUT2D eigenvalue weighted by atomic mass is 9.96. The Morgan fingerprint density at radius 1 is 1.27 bits per heavy atom. The van der Waals surface area contributed by atoms with Crippen LogP contribution in [0.4, 0.5) is 0 Å². The predicted molar refractivity (Wildman–Crippen MR) is 82.7 cm³/mol. The van der Waals surface area contributed by atoms with Gasteiger partial charge in [-0.3, -0.25) is 4.79 Å². The molecule has 0 amide bonds. The molecule has 3 rings (SSSR count). The molecule has 1 saturated heterocycles. The van der Waals surface area contributed by atoms with Gasteiger partial charge in [-0.1, -0.05) is 6.07 Å². The molecular weight excluding hydrogens is 282 g/mol. The maximum absolute atomic E-state index is 11.5. The Bertz CT molecular complexity index is 560. The number of likely N-dealkylation sites (tertiary alicyclic amines) is 1. The summed E-state index contributed by atoms with van der Waals surface area (Å²) in [7, 11) is 3.72. The third-order valence-corrected chi connectivity index (χ3v) is 4.83. The third kappa shape index (κ3) is 2.77. The number of aliphatic carboxylic acids is 1. The average molecular weight is 305 g/mol. The number of methoxy groups -OCH3 is 1. The summed E-state index contributed by atoms with van der Waals surface area (Å²) < 4.78 is 11.5. The molecular formula is C17H23NO4. The van der Waals surface area contributed by atoms with E-state index in [-0.39, 0.29) is 6.10 Å². The Kier molecular flexibility index (Phi) is 4.00. The van der Waals surface area contributed by atoms with Crippen LogP contribution in [0, 0.1) is 0 Å². The van der Waals surface area contributed by atoms with E-state index in [1.54, 1.807) is 7.11 Å². The molecule has 0 bridgehead atoms. The van der Waals surface area contributed by atoms with Gasteiger partial charge in [-0.25, -0.2) is 0 Å². The molecule has 1 aromatic rings. The van der Waals surface area contributed by atoms with Crippen LogP contribution in [-0.4, -0.2) is 49.3 Å². The second-order valence-electron chi connectivity index (χ2n) is 6.37. The van der Waals surface area contributed by atoms with Gasteiger partial charge < -0.3 is 19.5 Å². The van der Waals surface area contributed by atoms with Crippen LogP contribution >= 0.6 is 0 Å². The summed E-state index contributed by atoms with van der Waals surface area (Å²) in [6, 6.07) is 5.53. The van der Waals surface area contributed by atoms with Crippen LogP contribution in [0.5, 0.6) is 11.5 Å². The van der Waals surface area contributed by atoms with Gasteiger partial charge in [0.05, 0.1) is 12.5 Å². The Morgan fingerprint density at radius 2 is 1.95 bits per heavy atom. The van der Waals surface area contributed by atoms with Gasteiger partial charge in [0.1, 0.15) is 6.10 Å². The maximum Gasteiger partial charge on any atom is 0.314 e. The van der Waals surface area contributed by atoms with Crippen molar-refractivity contribution in [2.24, 2.45) is 0 Å². The fourth-order valence-corrected chi connectivity index (χ4v) is 3.10. The van der Waals surface area contributed by atoms with E-state index < -0.39 is 11.4 Å². The van der Waals surface area contributed by atoms with E-state index in [1.807, 2.05) is 18.2 Å². The van der Waals surface area contributed by atoms with Crippen molar-refractivity contribution in [3.8, 4) is 11.5 Å². The van der Waals surface area contributed by atoms with Gasteiger partial charge in [0.25, 0.3) is 0 Å². The van der Waals surface area contributed by atoms with Crippen LogP contribution in [-0.2, 0) is 10.2 Å². The van der Waals surface area contributed by atoms with E-state index in [9.17, 15) is 9.90 Å². The summed E-state index contributed by atoms with van der Waals surface area (Å²) in [5.74, 6) is 0.592. The topological polar surface area (TPSA) is 59.0 Å². The lowest BCUT2D eigenvalue weighted by Crippen LogP contribution is -2.35. The normalized spacial score (nSPS) is 21.4. The Labute approximate surface area is 130 Å². The molecule has 5 nitrogen and oxygen atoms in total. The summed E-state index contributed by atoms with van der Waals surface area (Å²) in [6.45, 7) is 2.04. The van der Waals surface area contributed by atoms with Crippen molar-refractivity contribution in [1.29, 1.82) is 0 Å². The number of piperidine rings is 1. The molecule has 0 atom stereocenters. The molecule has 0 spiro atoms. The first-order valence-electron chi connectivity index (χ1n) is 7.82. The Hall–Kier alpha value is -1.75. The zero-order chi connectivity index (χ0) is 15.7. The molecule has 5 heteroatoms. The van der Waals surface area contributed by atoms with E-state index in [4.69, 9.17) is 9.47 Å². The number of carbonyl (C=O) groups is 1. The van der Waals surface area contributed by atoms with E-state index in [1.165, 1.54) is 0 Å². The monoisotopic (exact) mass is 305 g/mol. The molecule has 120 valence electrons. The molecule has 1 N–H and O–H groups in total. The quantitative estimate of drug-likeness (QED) is 0.904. The van der Waals surface area contributed by atoms with Gasteiger partial charge >= 0.3 is 5.97 Å². The van der Waals surface area contributed by atoms with Crippen molar-refractivity contribution in [2.75, 3.05) is 27.2 Å². The zero-order valence-corrected chi connectivity index (χ0v) is 13.2. The zero-order valence-electron chi connectivity index (χ0n) is 13.2. The van der Waals surface area contributed by atoms with Crippen molar-refractivity contribution in [2.45, 2.75) is 37.2 Å². The number of nitrogens with zero attached hydrogens (tertiary/aromatic N) is 1. The Balaban J connectivity index is 1.81. The Morgan fingerprint density at radius 3 is 2.50 bits per heavy atom. The fraction of sp³-hybridized carbons (Fsp3) is 0.588. The summed E-state index contributed by atoms with van der Waals surface area (Å²) in [4.78, 5) is 13.8. The highest BCUT2D eigenvalue weighted by Gasteiger charge is 2.52. The summed E-state index contributed by atoms with van der Waals surface area (Å²) >= 11 is 0. The van der Waals surface area contributed by atoms with Gasteiger partial charge in [-0.2, -0.15) is 0 Å². The molecule has 1 aliphatic carbocycles. The summed E-state index contributed by atoms with van der Waals surface area (Å²) in [5, 5.41) is 9.45. The van der Waals surface area contributed by atoms with Crippen LogP contribution in [0.3, 0.4) is 0 Å². The molecule has 2 aliphatic rings. The fourth-order valence-electron chi connectivity index (χ4n) is 3.10. The van der Waals surface area contributed by atoms with Gasteiger partial charge in [0.2, 0.25) is 0 Å². The van der Waals surface area contributed by atoms with Crippen LogP contribution in [0.2, 0.25) is 0 Å². The van der Waals surface area contributed by atoms with Crippen LogP contribution in [0.25, 0.3) is 0 Å². The molecule has 22 heavy (non-hydrogen) atoms. The molecule has 2 fully saturated rings.